The Labute approximate surface area is 198 Å². The maximum Gasteiger partial charge on any atom is 0.407 e. The summed E-state index contributed by atoms with van der Waals surface area (Å²) in [5.41, 5.74) is 4.23. The number of hydrogen-bond donors (Lipinski definition) is 2. The Morgan fingerprint density at radius 1 is 1.03 bits per heavy atom. The lowest BCUT2D eigenvalue weighted by atomic mass is 9.74. The van der Waals surface area contributed by atoms with Crippen molar-refractivity contribution in [3.05, 3.63) is 59.7 Å². The number of carbonyl (C=O) groups excluding carboxylic acids is 2. The summed E-state index contributed by atoms with van der Waals surface area (Å²) in [5, 5.41) is 12.0. The lowest BCUT2D eigenvalue weighted by Gasteiger charge is -2.51. The number of nitrogens with zero attached hydrogens (tertiary/aromatic N) is 1. The van der Waals surface area contributed by atoms with Crippen LogP contribution < -0.4 is 5.32 Å². The van der Waals surface area contributed by atoms with Gasteiger partial charge in [0, 0.05) is 24.4 Å². The van der Waals surface area contributed by atoms with Gasteiger partial charge in [-0.15, -0.1) is 0 Å². The fraction of sp³-hybridized carbons (Fsp3) is 0.423. The average Bonchev–Trinajstić information content (AvgIpc) is 3.11. The zero-order valence-electron chi connectivity index (χ0n) is 19.5. The predicted octanol–water partition coefficient (Wildman–Crippen LogP) is 3.25. The highest BCUT2D eigenvalue weighted by atomic mass is 16.5. The van der Waals surface area contributed by atoms with Crippen molar-refractivity contribution in [2.45, 2.75) is 32.2 Å². The highest BCUT2D eigenvalue weighted by molar-refractivity contribution is 5.86. The van der Waals surface area contributed by atoms with Gasteiger partial charge in [0.25, 0.3) is 0 Å². The molecule has 0 aromatic heterocycles. The van der Waals surface area contributed by atoms with Crippen LogP contribution in [0, 0.1) is 5.41 Å². The van der Waals surface area contributed by atoms with Gasteiger partial charge in [0.2, 0.25) is 5.91 Å². The first-order valence-corrected chi connectivity index (χ1v) is 11.5. The first-order chi connectivity index (χ1) is 16.3. The minimum atomic E-state index is -0.988. The van der Waals surface area contributed by atoms with Crippen molar-refractivity contribution in [2.24, 2.45) is 5.41 Å². The van der Waals surface area contributed by atoms with Crippen LogP contribution in [0.1, 0.15) is 37.3 Å². The molecule has 2 aromatic rings. The molecule has 0 bridgehead atoms. The first-order valence-electron chi connectivity index (χ1n) is 11.5. The molecule has 34 heavy (non-hydrogen) atoms. The third-order valence-corrected chi connectivity index (χ3v) is 6.50. The van der Waals surface area contributed by atoms with Crippen LogP contribution in [0.15, 0.2) is 48.5 Å². The van der Waals surface area contributed by atoms with Crippen LogP contribution in [-0.2, 0) is 19.1 Å². The molecular weight excluding hydrogens is 436 g/mol. The van der Waals surface area contributed by atoms with E-state index in [9.17, 15) is 19.5 Å². The molecule has 0 saturated carbocycles. The van der Waals surface area contributed by atoms with Gasteiger partial charge in [-0.2, -0.15) is 0 Å². The quantitative estimate of drug-likeness (QED) is 0.550. The summed E-state index contributed by atoms with van der Waals surface area (Å²) < 4.78 is 10.9. The van der Waals surface area contributed by atoms with Crippen molar-refractivity contribution < 1.29 is 29.0 Å². The molecule has 1 heterocycles. The molecule has 0 radical (unpaired) electrons. The zero-order chi connectivity index (χ0) is 24.3. The SMILES string of the molecule is CC1(C)CN(C(=O)CCOCCNC(=O)OCC2c3ccccc3-c3ccccc32)C1C(=O)O. The lowest BCUT2D eigenvalue weighted by Crippen LogP contribution is -2.67. The van der Waals surface area contributed by atoms with E-state index in [1.54, 1.807) is 0 Å². The van der Waals surface area contributed by atoms with Gasteiger partial charge in [-0.3, -0.25) is 4.79 Å². The molecule has 1 fully saturated rings. The number of rotatable bonds is 9. The number of fused-ring (bicyclic) bond motifs is 3. The molecule has 1 atom stereocenters. The van der Waals surface area contributed by atoms with E-state index in [-0.39, 0.29) is 44.6 Å². The van der Waals surface area contributed by atoms with Gasteiger partial charge in [-0.05, 0) is 22.3 Å². The minimum Gasteiger partial charge on any atom is -0.480 e. The Morgan fingerprint density at radius 3 is 2.24 bits per heavy atom. The van der Waals surface area contributed by atoms with Crippen LogP contribution in [0.25, 0.3) is 11.1 Å². The van der Waals surface area contributed by atoms with Crippen molar-refractivity contribution in [2.75, 3.05) is 32.9 Å². The van der Waals surface area contributed by atoms with Crippen molar-refractivity contribution >= 4 is 18.0 Å². The number of ether oxygens (including phenoxy) is 2. The molecule has 2 amide bonds. The van der Waals surface area contributed by atoms with Crippen LogP contribution in [0.2, 0.25) is 0 Å². The number of aliphatic carboxylic acids is 1. The van der Waals surface area contributed by atoms with Gasteiger partial charge < -0.3 is 24.8 Å². The van der Waals surface area contributed by atoms with Gasteiger partial charge in [0.1, 0.15) is 12.6 Å². The molecule has 8 nitrogen and oxygen atoms in total. The lowest BCUT2D eigenvalue weighted by molar-refractivity contribution is -0.172. The number of benzene rings is 2. The summed E-state index contributed by atoms with van der Waals surface area (Å²) >= 11 is 0. The van der Waals surface area contributed by atoms with Gasteiger partial charge in [0.05, 0.1) is 19.6 Å². The monoisotopic (exact) mass is 466 g/mol. The van der Waals surface area contributed by atoms with Crippen molar-refractivity contribution in [3.63, 3.8) is 0 Å². The summed E-state index contributed by atoms with van der Waals surface area (Å²) in [6.07, 6.45) is -0.418. The minimum absolute atomic E-state index is 0.00141. The second-order valence-corrected chi connectivity index (χ2v) is 9.37. The first kappa shape index (κ1) is 23.8. The van der Waals surface area contributed by atoms with Crippen LogP contribution in [0.3, 0.4) is 0 Å². The number of carbonyl (C=O) groups is 3. The standard InChI is InChI=1S/C26H30N2O6/c1-26(2)16-28(23(26)24(30)31)22(29)11-13-33-14-12-27-25(32)34-15-21-19-9-5-3-7-17(19)18-8-4-6-10-20(18)21/h3-10,21,23H,11-16H2,1-2H3,(H,27,32)(H,30,31). The number of nitrogens with one attached hydrogen (secondary N) is 1. The van der Waals surface area contributed by atoms with E-state index in [0.717, 1.165) is 11.1 Å². The molecule has 2 aromatic carbocycles. The van der Waals surface area contributed by atoms with Crippen molar-refractivity contribution in [1.29, 1.82) is 0 Å². The van der Waals surface area contributed by atoms with E-state index in [1.807, 2.05) is 38.1 Å². The smallest absolute Gasteiger partial charge is 0.407 e. The maximum absolute atomic E-state index is 12.2. The molecule has 8 heteroatoms. The molecule has 4 rings (SSSR count). The number of amides is 2. The van der Waals surface area contributed by atoms with Gasteiger partial charge in [-0.25, -0.2) is 9.59 Å². The normalized spacial score (nSPS) is 17.9. The fourth-order valence-electron chi connectivity index (χ4n) is 4.91. The Morgan fingerprint density at radius 2 is 1.65 bits per heavy atom. The molecule has 1 aliphatic carbocycles. The summed E-state index contributed by atoms with van der Waals surface area (Å²) in [4.78, 5) is 37.2. The van der Waals surface area contributed by atoms with Gasteiger partial charge >= 0.3 is 12.1 Å². The van der Waals surface area contributed by atoms with E-state index in [1.165, 1.54) is 16.0 Å². The van der Waals surface area contributed by atoms with Crippen LogP contribution in [-0.4, -0.2) is 66.9 Å². The van der Waals surface area contributed by atoms with E-state index >= 15 is 0 Å². The second-order valence-electron chi connectivity index (χ2n) is 9.37. The third kappa shape index (κ3) is 4.77. The number of carboxylic acid groups (broad SMARTS) is 1. The summed E-state index contributed by atoms with van der Waals surface area (Å²) in [5.74, 6) is -1.23. The third-order valence-electron chi connectivity index (χ3n) is 6.50. The topological polar surface area (TPSA) is 105 Å². The van der Waals surface area contributed by atoms with E-state index in [2.05, 4.69) is 29.6 Å². The summed E-state index contributed by atoms with van der Waals surface area (Å²) in [7, 11) is 0. The van der Waals surface area contributed by atoms with Crippen molar-refractivity contribution in [1.82, 2.24) is 10.2 Å². The number of alkyl carbamates (subject to hydrolysis) is 1. The van der Waals surface area contributed by atoms with Crippen LogP contribution in [0.5, 0.6) is 0 Å². The highest BCUT2D eigenvalue weighted by Gasteiger charge is 2.52. The van der Waals surface area contributed by atoms with Gasteiger partial charge in [-0.1, -0.05) is 62.4 Å². The Kier molecular flexibility index (Phi) is 6.88. The molecule has 0 spiro atoms. The molecule has 1 saturated heterocycles. The summed E-state index contributed by atoms with van der Waals surface area (Å²) in [6, 6.07) is 15.5. The van der Waals surface area contributed by atoms with Gasteiger partial charge in [0.15, 0.2) is 0 Å². The van der Waals surface area contributed by atoms with E-state index in [4.69, 9.17) is 9.47 Å². The Hall–Kier alpha value is -3.39. The van der Waals surface area contributed by atoms with Crippen molar-refractivity contribution in [3.8, 4) is 11.1 Å². The molecular formula is C26H30N2O6. The molecule has 180 valence electrons. The van der Waals surface area contributed by atoms with Crippen LogP contribution >= 0.6 is 0 Å². The Bertz CT molecular complexity index is 1040. The van der Waals surface area contributed by atoms with E-state index < -0.39 is 23.5 Å². The largest absolute Gasteiger partial charge is 0.480 e. The number of likely N-dealkylation sites (tertiary alicyclic amines) is 1. The average molecular weight is 467 g/mol. The molecule has 1 unspecified atom stereocenters. The molecule has 2 aliphatic rings. The Balaban J connectivity index is 1.15. The maximum atomic E-state index is 12.2. The van der Waals surface area contributed by atoms with E-state index in [0.29, 0.717) is 6.54 Å². The second kappa shape index (κ2) is 9.85. The fourth-order valence-corrected chi connectivity index (χ4v) is 4.91. The summed E-state index contributed by atoms with van der Waals surface area (Å²) in [6.45, 7) is 4.97. The number of carboxylic acids is 1. The van der Waals surface area contributed by atoms with Crippen LogP contribution in [0.4, 0.5) is 4.79 Å². The highest BCUT2D eigenvalue weighted by Crippen LogP contribution is 2.44. The predicted molar refractivity (Wildman–Crippen MR) is 125 cm³/mol. The molecule has 2 N–H and O–H groups in total. The number of hydrogen-bond acceptors (Lipinski definition) is 5. The zero-order valence-corrected chi connectivity index (χ0v) is 19.5. The molecule has 1 aliphatic heterocycles.